The van der Waals surface area contributed by atoms with Crippen molar-refractivity contribution in [3.8, 4) is 11.1 Å². The molecule has 0 radical (unpaired) electrons. The monoisotopic (exact) mass is 233 g/mol. The third-order valence-corrected chi connectivity index (χ3v) is 2.83. The van der Waals surface area contributed by atoms with Gasteiger partial charge in [0.15, 0.2) is 0 Å². The van der Waals surface area contributed by atoms with Gasteiger partial charge in [0.05, 0.1) is 11.4 Å². The van der Waals surface area contributed by atoms with Crippen LogP contribution in [0.5, 0.6) is 0 Å². The van der Waals surface area contributed by atoms with Crippen LogP contribution in [0.25, 0.3) is 11.1 Å². The summed E-state index contributed by atoms with van der Waals surface area (Å²) in [5.41, 5.74) is 3.35. The summed E-state index contributed by atoms with van der Waals surface area (Å²) in [4.78, 5) is 0. The number of aryl methyl sites for hydroxylation is 2. The van der Waals surface area contributed by atoms with E-state index in [1.165, 1.54) is 6.07 Å². The number of benzene rings is 1. The first-order chi connectivity index (χ1) is 8.15. The highest BCUT2D eigenvalue weighted by atomic mass is 19.1. The Bertz CT molecular complexity index is 531. The van der Waals surface area contributed by atoms with Crippen molar-refractivity contribution in [1.82, 2.24) is 15.1 Å². The molecule has 0 unspecified atom stereocenters. The quantitative estimate of drug-likeness (QED) is 0.881. The summed E-state index contributed by atoms with van der Waals surface area (Å²) in [7, 11) is 3.75. The number of hydrogen-bond donors (Lipinski definition) is 1. The van der Waals surface area contributed by atoms with Crippen LogP contribution in [0, 0.1) is 12.7 Å². The van der Waals surface area contributed by atoms with Gasteiger partial charge in [-0.05, 0) is 20.0 Å². The van der Waals surface area contributed by atoms with E-state index in [9.17, 15) is 4.39 Å². The zero-order valence-electron chi connectivity index (χ0n) is 10.3. The Morgan fingerprint density at radius 1 is 1.35 bits per heavy atom. The highest BCUT2D eigenvalue weighted by Gasteiger charge is 2.16. The third-order valence-electron chi connectivity index (χ3n) is 2.83. The average molecular weight is 233 g/mol. The van der Waals surface area contributed by atoms with Crippen molar-refractivity contribution in [2.75, 3.05) is 7.05 Å². The summed E-state index contributed by atoms with van der Waals surface area (Å²) < 4.78 is 15.6. The molecule has 0 spiro atoms. The summed E-state index contributed by atoms with van der Waals surface area (Å²) in [5, 5.41) is 7.44. The second-order valence-electron chi connectivity index (χ2n) is 4.04. The van der Waals surface area contributed by atoms with E-state index < -0.39 is 0 Å². The molecule has 1 N–H and O–H groups in total. The van der Waals surface area contributed by atoms with Gasteiger partial charge in [-0.15, -0.1) is 0 Å². The lowest BCUT2D eigenvalue weighted by Crippen LogP contribution is -2.10. The van der Waals surface area contributed by atoms with Crippen LogP contribution in [0.15, 0.2) is 24.3 Å². The van der Waals surface area contributed by atoms with Gasteiger partial charge in [-0.25, -0.2) is 4.39 Å². The van der Waals surface area contributed by atoms with Crippen molar-refractivity contribution >= 4 is 0 Å². The lowest BCUT2D eigenvalue weighted by molar-refractivity contribution is 0.630. The Balaban J connectivity index is 2.62. The van der Waals surface area contributed by atoms with Gasteiger partial charge in [0.1, 0.15) is 5.82 Å². The fourth-order valence-electron chi connectivity index (χ4n) is 2.09. The molecule has 0 aliphatic carbocycles. The lowest BCUT2D eigenvalue weighted by Gasteiger charge is -2.07. The minimum Gasteiger partial charge on any atom is -0.314 e. The maximum atomic E-state index is 13.8. The molecule has 3 nitrogen and oxygen atoms in total. The van der Waals surface area contributed by atoms with Crippen LogP contribution in [0.1, 0.15) is 11.4 Å². The van der Waals surface area contributed by atoms with Crippen LogP contribution in [0.2, 0.25) is 0 Å². The molecule has 1 aromatic heterocycles. The van der Waals surface area contributed by atoms with Crippen molar-refractivity contribution in [3.63, 3.8) is 0 Å². The predicted octanol–water partition coefficient (Wildman–Crippen LogP) is 2.25. The van der Waals surface area contributed by atoms with E-state index in [-0.39, 0.29) is 5.82 Å². The van der Waals surface area contributed by atoms with Crippen LogP contribution in [-0.2, 0) is 13.6 Å². The topological polar surface area (TPSA) is 29.9 Å². The normalized spacial score (nSPS) is 10.8. The molecular weight excluding hydrogens is 217 g/mol. The van der Waals surface area contributed by atoms with Gasteiger partial charge in [-0.2, -0.15) is 5.10 Å². The van der Waals surface area contributed by atoms with Gasteiger partial charge in [0, 0.05) is 24.7 Å². The van der Waals surface area contributed by atoms with Crippen molar-refractivity contribution in [2.24, 2.45) is 7.05 Å². The molecule has 1 aromatic carbocycles. The number of halogens is 1. The second-order valence-corrected chi connectivity index (χ2v) is 4.04. The van der Waals surface area contributed by atoms with E-state index in [4.69, 9.17) is 0 Å². The number of rotatable bonds is 3. The first-order valence-corrected chi connectivity index (χ1v) is 5.57. The molecule has 1 heterocycles. The maximum absolute atomic E-state index is 13.8. The van der Waals surface area contributed by atoms with E-state index in [1.54, 1.807) is 16.8 Å². The molecule has 0 aliphatic heterocycles. The van der Waals surface area contributed by atoms with E-state index in [0.29, 0.717) is 12.1 Å². The Morgan fingerprint density at radius 2 is 2.06 bits per heavy atom. The molecule has 0 saturated carbocycles. The molecule has 0 amide bonds. The highest BCUT2D eigenvalue weighted by Crippen LogP contribution is 2.29. The van der Waals surface area contributed by atoms with Gasteiger partial charge >= 0.3 is 0 Å². The first-order valence-electron chi connectivity index (χ1n) is 5.57. The minimum atomic E-state index is -0.207. The number of aromatic nitrogens is 2. The summed E-state index contributed by atoms with van der Waals surface area (Å²) in [6, 6.07) is 6.81. The lowest BCUT2D eigenvalue weighted by atomic mass is 10.0. The Kier molecular flexibility index (Phi) is 3.24. The van der Waals surface area contributed by atoms with Crippen LogP contribution >= 0.6 is 0 Å². The molecule has 2 aromatic rings. The van der Waals surface area contributed by atoms with E-state index >= 15 is 0 Å². The molecule has 0 bridgehead atoms. The molecule has 2 rings (SSSR count). The SMILES string of the molecule is CNCc1c(-c2ccccc2F)c(C)nn1C. The Labute approximate surface area is 100 Å². The van der Waals surface area contributed by atoms with Gasteiger partial charge in [-0.3, -0.25) is 4.68 Å². The van der Waals surface area contributed by atoms with E-state index in [1.807, 2.05) is 27.1 Å². The van der Waals surface area contributed by atoms with Crippen LogP contribution in [-0.4, -0.2) is 16.8 Å². The van der Waals surface area contributed by atoms with Crippen LogP contribution < -0.4 is 5.32 Å². The zero-order chi connectivity index (χ0) is 12.4. The smallest absolute Gasteiger partial charge is 0.131 e. The molecule has 0 saturated heterocycles. The second kappa shape index (κ2) is 4.67. The van der Waals surface area contributed by atoms with Crippen LogP contribution in [0.3, 0.4) is 0 Å². The number of nitrogens with zero attached hydrogens (tertiary/aromatic N) is 2. The number of hydrogen-bond acceptors (Lipinski definition) is 2. The summed E-state index contributed by atoms with van der Waals surface area (Å²) in [5.74, 6) is -0.207. The van der Waals surface area contributed by atoms with Crippen molar-refractivity contribution in [3.05, 3.63) is 41.5 Å². The predicted molar refractivity (Wildman–Crippen MR) is 66.1 cm³/mol. The fraction of sp³-hybridized carbons (Fsp3) is 0.308. The van der Waals surface area contributed by atoms with E-state index in [0.717, 1.165) is 17.0 Å². The molecule has 0 aliphatic rings. The summed E-state index contributed by atoms with van der Waals surface area (Å²) >= 11 is 0. The summed E-state index contributed by atoms with van der Waals surface area (Å²) in [6.45, 7) is 2.57. The minimum absolute atomic E-state index is 0.207. The largest absolute Gasteiger partial charge is 0.314 e. The molecule has 4 heteroatoms. The zero-order valence-corrected chi connectivity index (χ0v) is 10.3. The van der Waals surface area contributed by atoms with Gasteiger partial charge < -0.3 is 5.32 Å². The molecule has 90 valence electrons. The average Bonchev–Trinajstić information content (AvgIpc) is 2.56. The molecule has 0 fully saturated rings. The van der Waals surface area contributed by atoms with Crippen LogP contribution in [0.4, 0.5) is 4.39 Å². The molecular formula is C13H16FN3. The Morgan fingerprint density at radius 3 is 2.71 bits per heavy atom. The highest BCUT2D eigenvalue weighted by molar-refractivity contribution is 5.69. The van der Waals surface area contributed by atoms with Crippen molar-refractivity contribution in [2.45, 2.75) is 13.5 Å². The van der Waals surface area contributed by atoms with Gasteiger partial charge in [-0.1, -0.05) is 18.2 Å². The van der Waals surface area contributed by atoms with E-state index in [2.05, 4.69) is 10.4 Å². The van der Waals surface area contributed by atoms with Crippen molar-refractivity contribution < 1.29 is 4.39 Å². The van der Waals surface area contributed by atoms with Gasteiger partial charge in [0.25, 0.3) is 0 Å². The molecule has 17 heavy (non-hydrogen) atoms. The first kappa shape index (κ1) is 11.8. The number of nitrogens with one attached hydrogen (secondary N) is 1. The van der Waals surface area contributed by atoms with Gasteiger partial charge in [0.2, 0.25) is 0 Å². The third kappa shape index (κ3) is 2.08. The fourth-order valence-corrected chi connectivity index (χ4v) is 2.09. The summed E-state index contributed by atoms with van der Waals surface area (Å²) in [6.07, 6.45) is 0. The van der Waals surface area contributed by atoms with Crippen molar-refractivity contribution in [1.29, 1.82) is 0 Å². The standard InChI is InChI=1S/C13H16FN3/c1-9-13(10-6-4-5-7-11(10)14)12(8-15-2)17(3)16-9/h4-7,15H,8H2,1-3H3. The Hall–Kier alpha value is -1.68. The molecule has 0 atom stereocenters. The maximum Gasteiger partial charge on any atom is 0.131 e.